The smallest absolute Gasteiger partial charge is 0.143 e. The van der Waals surface area contributed by atoms with Gasteiger partial charge in [0.1, 0.15) is 5.75 Å². The summed E-state index contributed by atoms with van der Waals surface area (Å²) < 4.78 is 5.31. The van der Waals surface area contributed by atoms with Crippen LogP contribution in [0.25, 0.3) is 0 Å². The number of hydrogen-bond donors (Lipinski definition) is 1. The third-order valence-corrected chi connectivity index (χ3v) is 3.27. The number of ether oxygens (including phenoxy) is 1. The molecule has 0 bridgehead atoms. The van der Waals surface area contributed by atoms with E-state index in [9.17, 15) is 0 Å². The van der Waals surface area contributed by atoms with Crippen LogP contribution in [0.4, 0.5) is 5.69 Å². The van der Waals surface area contributed by atoms with Crippen LogP contribution in [0.15, 0.2) is 12.1 Å². The Balaban J connectivity index is 2.98. The molecule has 0 aliphatic rings. The summed E-state index contributed by atoms with van der Waals surface area (Å²) in [6.07, 6.45) is 0. The molecule has 1 rings (SSSR count). The molecular weight excluding hydrogens is 222 g/mol. The second-order valence-electron chi connectivity index (χ2n) is 4.48. The molecule has 0 amide bonds. The molecule has 1 N–H and O–H groups in total. The van der Waals surface area contributed by atoms with Gasteiger partial charge < -0.3 is 10.1 Å². The lowest BCUT2D eigenvalue weighted by Gasteiger charge is -2.21. The van der Waals surface area contributed by atoms with Crippen LogP contribution < -0.4 is 10.1 Å². The van der Waals surface area contributed by atoms with Crippen molar-refractivity contribution in [2.75, 3.05) is 12.4 Å². The number of methoxy groups -OCH3 is 1. The Bertz CT molecular complexity index is 363. The van der Waals surface area contributed by atoms with E-state index in [1.54, 1.807) is 7.11 Å². The zero-order chi connectivity index (χ0) is 12.3. The number of benzene rings is 1. The summed E-state index contributed by atoms with van der Waals surface area (Å²) in [5.74, 6) is 1.36. The number of aryl methyl sites for hydroxylation is 1. The van der Waals surface area contributed by atoms with Gasteiger partial charge >= 0.3 is 0 Å². The molecule has 1 aromatic carbocycles. The second kappa shape index (κ2) is 5.44. The molecule has 1 unspecified atom stereocenters. The van der Waals surface area contributed by atoms with Gasteiger partial charge in [-0.05, 0) is 31.4 Å². The van der Waals surface area contributed by atoms with Crippen LogP contribution in [0, 0.1) is 12.8 Å². The van der Waals surface area contributed by atoms with Crippen LogP contribution in [0.2, 0.25) is 5.02 Å². The van der Waals surface area contributed by atoms with Gasteiger partial charge in [0.2, 0.25) is 0 Å². The van der Waals surface area contributed by atoms with Gasteiger partial charge in [0, 0.05) is 17.1 Å². The quantitative estimate of drug-likeness (QED) is 0.857. The van der Waals surface area contributed by atoms with Crippen LogP contribution in [-0.2, 0) is 0 Å². The Labute approximate surface area is 103 Å². The Hall–Kier alpha value is -0.890. The van der Waals surface area contributed by atoms with Crippen molar-refractivity contribution in [2.24, 2.45) is 5.92 Å². The summed E-state index contributed by atoms with van der Waals surface area (Å²) in [5.41, 5.74) is 2.06. The predicted molar refractivity (Wildman–Crippen MR) is 70.7 cm³/mol. The number of hydrogen-bond acceptors (Lipinski definition) is 2. The zero-order valence-electron chi connectivity index (χ0n) is 10.6. The summed E-state index contributed by atoms with van der Waals surface area (Å²) in [4.78, 5) is 0. The maximum Gasteiger partial charge on any atom is 0.143 e. The largest absolute Gasteiger partial charge is 0.495 e. The van der Waals surface area contributed by atoms with E-state index in [1.807, 2.05) is 19.1 Å². The monoisotopic (exact) mass is 241 g/mol. The standard InChI is InChI=1S/C13H20ClNO/c1-8(2)10(4)15-12-6-9(3)11(14)7-13(12)16-5/h6-8,10,15H,1-5H3. The highest BCUT2D eigenvalue weighted by Gasteiger charge is 2.11. The molecule has 0 heterocycles. The summed E-state index contributed by atoms with van der Waals surface area (Å²) in [6.45, 7) is 8.53. The fourth-order valence-corrected chi connectivity index (χ4v) is 1.51. The van der Waals surface area contributed by atoms with E-state index in [4.69, 9.17) is 16.3 Å². The summed E-state index contributed by atoms with van der Waals surface area (Å²) >= 11 is 6.06. The molecule has 2 nitrogen and oxygen atoms in total. The number of nitrogens with one attached hydrogen (secondary N) is 1. The number of anilines is 1. The van der Waals surface area contributed by atoms with Crippen molar-refractivity contribution in [2.45, 2.75) is 33.7 Å². The third kappa shape index (κ3) is 3.05. The number of halogens is 1. The lowest BCUT2D eigenvalue weighted by atomic mass is 10.1. The van der Waals surface area contributed by atoms with Gasteiger partial charge in [-0.3, -0.25) is 0 Å². The summed E-state index contributed by atoms with van der Waals surface area (Å²) in [6, 6.07) is 4.28. The van der Waals surface area contributed by atoms with Gasteiger partial charge in [-0.15, -0.1) is 0 Å². The lowest BCUT2D eigenvalue weighted by Crippen LogP contribution is -2.21. The molecule has 1 aromatic rings. The molecule has 0 aromatic heterocycles. The normalized spacial score (nSPS) is 12.7. The van der Waals surface area contributed by atoms with E-state index in [-0.39, 0.29) is 0 Å². The molecular formula is C13H20ClNO. The first kappa shape index (κ1) is 13.2. The highest BCUT2D eigenvalue weighted by atomic mass is 35.5. The predicted octanol–water partition coefficient (Wildman–Crippen LogP) is 4.11. The molecule has 90 valence electrons. The molecule has 0 saturated heterocycles. The van der Waals surface area contributed by atoms with Crippen molar-refractivity contribution in [3.8, 4) is 5.75 Å². The fourth-order valence-electron chi connectivity index (χ4n) is 1.36. The molecule has 0 aliphatic carbocycles. The van der Waals surface area contributed by atoms with Gasteiger partial charge in [-0.2, -0.15) is 0 Å². The minimum atomic E-state index is 0.398. The van der Waals surface area contributed by atoms with Crippen molar-refractivity contribution in [3.63, 3.8) is 0 Å². The van der Waals surface area contributed by atoms with E-state index in [2.05, 4.69) is 26.1 Å². The van der Waals surface area contributed by atoms with Gasteiger partial charge in [0.15, 0.2) is 0 Å². The molecule has 0 saturated carbocycles. The topological polar surface area (TPSA) is 21.3 Å². The van der Waals surface area contributed by atoms with Crippen molar-refractivity contribution >= 4 is 17.3 Å². The minimum Gasteiger partial charge on any atom is -0.495 e. The van der Waals surface area contributed by atoms with E-state index < -0.39 is 0 Å². The van der Waals surface area contributed by atoms with Crippen LogP contribution in [0.5, 0.6) is 5.75 Å². The Morgan fingerprint density at radius 3 is 2.38 bits per heavy atom. The summed E-state index contributed by atoms with van der Waals surface area (Å²) in [5, 5.41) is 4.18. The maximum absolute atomic E-state index is 6.06. The van der Waals surface area contributed by atoms with Crippen molar-refractivity contribution < 1.29 is 4.74 Å². The Kier molecular flexibility index (Phi) is 4.48. The average molecular weight is 242 g/mol. The second-order valence-corrected chi connectivity index (χ2v) is 4.89. The molecule has 0 spiro atoms. The first-order valence-corrected chi connectivity index (χ1v) is 5.94. The first-order chi connectivity index (χ1) is 7.45. The van der Waals surface area contributed by atoms with E-state index in [0.29, 0.717) is 12.0 Å². The summed E-state index contributed by atoms with van der Waals surface area (Å²) in [7, 11) is 1.66. The van der Waals surface area contributed by atoms with Gasteiger partial charge in [-0.1, -0.05) is 25.4 Å². The average Bonchev–Trinajstić information content (AvgIpc) is 2.22. The fraction of sp³-hybridized carbons (Fsp3) is 0.538. The van der Waals surface area contributed by atoms with Crippen LogP contribution in [0.3, 0.4) is 0 Å². The SMILES string of the molecule is COc1cc(Cl)c(C)cc1NC(C)C(C)C. The molecule has 3 heteroatoms. The lowest BCUT2D eigenvalue weighted by molar-refractivity contribution is 0.415. The number of rotatable bonds is 4. The third-order valence-electron chi connectivity index (χ3n) is 2.86. The van der Waals surface area contributed by atoms with Crippen LogP contribution in [0.1, 0.15) is 26.3 Å². The minimum absolute atomic E-state index is 0.398. The first-order valence-electron chi connectivity index (χ1n) is 5.56. The molecule has 0 radical (unpaired) electrons. The molecule has 1 atom stereocenters. The Morgan fingerprint density at radius 1 is 1.25 bits per heavy atom. The maximum atomic E-state index is 6.06. The highest BCUT2D eigenvalue weighted by molar-refractivity contribution is 6.31. The van der Waals surface area contributed by atoms with Crippen molar-refractivity contribution in [1.29, 1.82) is 0 Å². The van der Waals surface area contributed by atoms with E-state index in [1.165, 1.54) is 0 Å². The van der Waals surface area contributed by atoms with Gasteiger partial charge in [0.25, 0.3) is 0 Å². The van der Waals surface area contributed by atoms with Crippen molar-refractivity contribution in [1.82, 2.24) is 0 Å². The zero-order valence-corrected chi connectivity index (χ0v) is 11.4. The van der Waals surface area contributed by atoms with E-state index in [0.717, 1.165) is 22.0 Å². The van der Waals surface area contributed by atoms with Crippen LogP contribution >= 0.6 is 11.6 Å². The molecule has 0 aliphatic heterocycles. The van der Waals surface area contributed by atoms with Gasteiger partial charge in [0.05, 0.1) is 12.8 Å². The Morgan fingerprint density at radius 2 is 1.88 bits per heavy atom. The molecule has 16 heavy (non-hydrogen) atoms. The van der Waals surface area contributed by atoms with E-state index >= 15 is 0 Å². The molecule has 0 fully saturated rings. The van der Waals surface area contributed by atoms with Gasteiger partial charge in [-0.25, -0.2) is 0 Å². The van der Waals surface area contributed by atoms with Crippen molar-refractivity contribution in [3.05, 3.63) is 22.7 Å². The van der Waals surface area contributed by atoms with Crippen LogP contribution in [-0.4, -0.2) is 13.2 Å². The highest BCUT2D eigenvalue weighted by Crippen LogP contribution is 2.31.